The van der Waals surface area contributed by atoms with Crippen molar-refractivity contribution in [2.24, 2.45) is 23.7 Å². The maximum atomic E-state index is 14.3. The molecule has 2 aromatic rings. The lowest BCUT2D eigenvalue weighted by Gasteiger charge is -2.43. The second kappa shape index (κ2) is 12.5. The van der Waals surface area contributed by atoms with Gasteiger partial charge in [0.2, 0.25) is 11.6 Å². The summed E-state index contributed by atoms with van der Waals surface area (Å²) < 4.78 is 45.0. The van der Waals surface area contributed by atoms with Gasteiger partial charge >= 0.3 is 0 Å². The van der Waals surface area contributed by atoms with Crippen molar-refractivity contribution in [2.45, 2.75) is 71.5 Å². The standard InChI is InChI=1S/C33H40F2O3/c1-3-36-29-16-15-27-19-26(13-14-28(27)20-29)25-11-9-24(10-12-25)23-7-5-22(6-8-23)21-38-31-18-17-30(37-4-2)32(34)33(31)35/h5-11,17-18,25-29H,3-4,12-16,19-21H2,1-2H3. The third-order valence-corrected chi connectivity index (χ3v) is 8.74. The molecule has 38 heavy (non-hydrogen) atoms. The van der Waals surface area contributed by atoms with Gasteiger partial charge in [0.1, 0.15) is 6.61 Å². The Hall–Kier alpha value is -2.66. The molecule has 5 unspecified atom stereocenters. The molecule has 3 aliphatic carbocycles. The summed E-state index contributed by atoms with van der Waals surface area (Å²) in [5, 5.41) is 0. The van der Waals surface area contributed by atoms with Crippen LogP contribution >= 0.6 is 0 Å². The van der Waals surface area contributed by atoms with E-state index in [1.54, 1.807) is 6.92 Å². The van der Waals surface area contributed by atoms with Crippen molar-refractivity contribution < 1.29 is 23.0 Å². The summed E-state index contributed by atoms with van der Waals surface area (Å²) >= 11 is 0. The highest BCUT2D eigenvalue weighted by Gasteiger charge is 2.37. The van der Waals surface area contributed by atoms with Crippen LogP contribution in [-0.2, 0) is 11.3 Å². The van der Waals surface area contributed by atoms with Gasteiger partial charge in [-0.15, -0.1) is 0 Å². The number of ether oxygens (including phenoxy) is 3. The van der Waals surface area contributed by atoms with Gasteiger partial charge in [0.25, 0.3) is 0 Å². The molecule has 5 atom stereocenters. The van der Waals surface area contributed by atoms with Crippen LogP contribution in [0.25, 0.3) is 5.57 Å². The number of allylic oxidation sites excluding steroid dienone is 4. The van der Waals surface area contributed by atoms with Gasteiger partial charge in [-0.3, -0.25) is 0 Å². The lowest BCUT2D eigenvalue weighted by Crippen LogP contribution is -2.35. The van der Waals surface area contributed by atoms with Crippen LogP contribution in [0.1, 0.15) is 69.9 Å². The van der Waals surface area contributed by atoms with Gasteiger partial charge in [0, 0.05) is 6.61 Å². The summed E-state index contributed by atoms with van der Waals surface area (Å²) in [6.45, 7) is 5.11. The average molecular weight is 523 g/mol. The second-order valence-electron chi connectivity index (χ2n) is 11.0. The summed E-state index contributed by atoms with van der Waals surface area (Å²) in [5.41, 5.74) is 3.32. The number of hydrogen-bond donors (Lipinski definition) is 0. The summed E-state index contributed by atoms with van der Waals surface area (Å²) in [7, 11) is 0. The lowest BCUT2D eigenvalue weighted by molar-refractivity contribution is -0.0169. The molecule has 5 heteroatoms. The first-order chi connectivity index (χ1) is 18.6. The number of benzene rings is 2. The Morgan fingerprint density at radius 1 is 0.763 bits per heavy atom. The molecule has 0 spiro atoms. The zero-order chi connectivity index (χ0) is 26.5. The normalized spacial score (nSPS) is 26.9. The van der Waals surface area contributed by atoms with Crippen LogP contribution in [-0.4, -0.2) is 19.3 Å². The topological polar surface area (TPSA) is 27.7 Å². The van der Waals surface area contributed by atoms with Crippen molar-refractivity contribution in [1.82, 2.24) is 0 Å². The van der Waals surface area contributed by atoms with Crippen molar-refractivity contribution in [3.63, 3.8) is 0 Å². The third kappa shape index (κ3) is 6.14. The molecule has 5 rings (SSSR count). The Kier molecular flexibility index (Phi) is 8.83. The highest BCUT2D eigenvalue weighted by Crippen LogP contribution is 2.47. The third-order valence-electron chi connectivity index (χ3n) is 8.74. The zero-order valence-corrected chi connectivity index (χ0v) is 22.6. The minimum atomic E-state index is -1.02. The van der Waals surface area contributed by atoms with E-state index in [2.05, 4.69) is 37.3 Å². The van der Waals surface area contributed by atoms with Gasteiger partial charge in [-0.1, -0.05) is 42.5 Å². The highest BCUT2D eigenvalue weighted by molar-refractivity contribution is 5.75. The van der Waals surface area contributed by atoms with Gasteiger partial charge in [-0.05, 0) is 111 Å². The molecule has 0 amide bonds. The van der Waals surface area contributed by atoms with Crippen molar-refractivity contribution in [3.8, 4) is 11.5 Å². The van der Waals surface area contributed by atoms with Gasteiger partial charge in [-0.25, -0.2) is 0 Å². The van der Waals surface area contributed by atoms with E-state index in [9.17, 15) is 8.78 Å². The first-order valence-corrected chi connectivity index (χ1v) is 14.4. The summed E-state index contributed by atoms with van der Waals surface area (Å²) in [5.74, 6) is 0.921. The fourth-order valence-corrected chi connectivity index (χ4v) is 6.71. The van der Waals surface area contributed by atoms with Gasteiger partial charge in [0.05, 0.1) is 12.7 Å². The number of halogens is 2. The molecule has 0 N–H and O–H groups in total. The predicted molar refractivity (Wildman–Crippen MR) is 147 cm³/mol. The van der Waals surface area contributed by atoms with E-state index in [0.29, 0.717) is 12.0 Å². The van der Waals surface area contributed by atoms with E-state index in [-0.39, 0.29) is 24.7 Å². The number of hydrogen-bond acceptors (Lipinski definition) is 3. The molecule has 0 heterocycles. The molecular weight excluding hydrogens is 482 g/mol. The second-order valence-corrected chi connectivity index (χ2v) is 11.0. The molecule has 0 radical (unpaired) electrons. The molecule has 204 valence electrons. The average Bonchev–Trinajstić information content (AvgIpc) is 2.95. The molecular formula is C33H40F2O3. The monoisotopic (exact) mass is 522 g/mol. The van der Waals surface area contributed by atoms with Crippen molar-refractivity contribution in [2.75, 3.05) is 13.2 Å². The maximum absolute atomic E-state index is 14.3. The van der Waals surface area contributed by atoms with Crippen LogP contribution in [0.2, 0.25) is 0 Å². The lowest BCUT2D eigenvalue weighted by atomic mass is 9.63. The van der Waals surface area contributed by atoms with Gasteiger partial charge < -0.3 is 14.2 Å². The van der Waals surface area contributed by atoms with Crippen LogP contribution in [0.5, 0.6) is 11.5 Å². The van der Waals surface area contributed by atoms with Crippen LogP contribution in [0, 0.1) is 35.3 Å². The number of rotatable bonds is 9. The Labute approximate surface area is 225 Å². The molecule has 2 fully saturated rings. The smallest absolute Gasteiger partial charge is 0.204 e. The quantitative estimate of drug-likeness (QED) is 0.330. The van der Waals surface area contributed by atoms with Crippen LogP contribution in [0.15, 0.2) is 54.6 Å². The Bertz CT molecular complexity index is 1140. The first-order valence-electron chi connectivity index (χ1n) is 14.4. The van der Waals surface area contributed by atoms with Crippen LogP contribution < -0.4 is 9.47 Å². The largest absolute Gasteiger partial charge is 0.491 e. The van der Waals surface area contributed by atoms with E-state index >= 15 is 0 Å². The molecule has 2 aromatic carbocycles. The summed E-state index contributed by atoms with van der Waals surface area (Å²) in [6, 6.07) is 10.9. The van der Waals surface area contributed by atoms with E-state index < -0.39 is 11.6 Å². The van der Waals surface area contributed by atoms with Crippen LogP contribution in [0.3, 0.4) is 0 Å². The molecule has 3 aliphatic rings. The molecule has 3 nitrogen and oxygen atoms in total. The fourth-order valence-electron chi connectivity index (χ4n) is 6.71. The minimum absolute atomic E-state index is 0.102. The van der Waals surface area contributed by atoms with Crippen molar-refractivity contribution in [1.29, 1.82) is 0 Å². The Morgan fingerprint density at radius 3 is 2.13 bits per heavy atom. The van der Waals surface area contributed by atoms with Gasteiger partial charge in [0.15, 0.2) is 11.5 Å². The molecule has 0 bridgehead atoms. The molecule has 0 aromatic heterocycles. The predicted octanol–water partition coefficient (Wildman–Crippen LogP) is 8.52. The highest BCUT2D eigenvalue weighted by atomic mass is 19.2. The van der Waals surface area contributed by atoms with Crippen molar-refractivity contribution >= 4 is 5.57 Å². The van der Waals surface area contributed by atoms with Crippen molar-refractivity contribution in [3.05, 3.63) is 77.4 Å². The fraction of sp³-hybridized carbons (Fsp3) is 0.515. The SMILES string of the molecule is CCOc1ccc(OCc2ccc(C3=CCC(C4CCC5CC(OCC)CCC5C4)C=C3)cc2)c(F)c1F. The maximum Gasteiger partial charge on any atom is 0.204 e. The van der Waals surface area contributed by atoms with E-state index in [1.807, 2.05) is 12.1 Å². The van der Waals surface area contributed by atoms with E-state index in [1.165, 1.54) is 61.8 Å². The summed E-state index contributed by atoms with van der Waals surface area (Å²) in [6.07, 6.45) is 16.6. The van der Waals surface area contributed by atoms with Crippen LogP contribution in [0.4, 0.5) is 8.78 Å². The van der Waals surface area contributed by atoms with E-state index in [0.717, 1.165) is 36.3 Å². The van der Waals surface area contributed by atoms with E-state index in [4.69, 9.17) is 14.2 Å². The summed E-state index contributed by atoms with van der Waals surface area (Å²) in [4.78, 5) is 0. The molecule has 2 saturated carbocycles. The molecule has 0 saturated heterocycles. The van der Waals surface area contributed by atoms with Gasteiger partial charge in [-0.2, -0.15) is 8.78 Å². The zero-order valence-electron chi connectivity index (χ0n) is 22.6. The number of fused-ring (bicyclic) bond motifs is 1. The first kappa shape index (κ1) is 26.9. The minimum Gasteiger partial charge on any atom is -0.491 e. The molecule has 0 aliphatic heterocycles. The Morgan fingerprint density at radius 2 is 1.45 bits per heavy atom. The Balaban J connectivity index is 1.12.